The van der Waals surface area contributed by atoms with E-state index < -0.39 is 0 Å². The first-order chi connectivity index (χ1) is 13.6. The summed E-state index contributed by atoms with van der Waals surface area (Å²) in [6.07, 6.45) is 0. The highest BCUT2D eigenvalue weighted by Crippen LogP contribution is 2.29. The molecule has 0 radical (unpaired) electrons. The molecule has 0 atom stereocenters. The van der Waals surface area contributed by atoms with Crippen LogP contribution in [0.25, 0.3) is 0 Å². The Morgan fingerprint density at radius 1 is 0.929 bits per heavy atom. The van der Waals surface area contributed by atoms with Crippen LogP contribution in [-0.2, 0) is 4.74 Å². The average molecular weight is 386 g/mol. The second kappa shape index (κ2) is 10.9. The van der Waals surface area contributed by atoms with Gasteiger partial charge in [-0.05, 0) is 44.2 Å². The van der Waals surface area contributed by atoms with Gasteiger partial charge in [0.25, 0.3) is 11.8 Å². The smallest absolute Gasteiger partial charge is 0.255 e. The van der Waals surface area contributed by atoms with Gasteiger partial charge in [-0.2, -0.15) is 0 Å². The summed E-state index contributed by atoms with van der Waals surface area (Å²) in [4.78, 5) is 25.1. The molecule has 0 saturated carbocycles. The number of benzene rings is 2. The minimum absolute atomic E-state index is 0.283. The lowest BCUT2D eigenvalue weighted by Crippen LogP contribution is -2.28. The Labute approximate surface area is 165 Å². The topological polar surface area (TPSA) is 85.9 Å². The van der Waals surface area contributed by atoms with Crippen LogP contribution in [0.1, 0.15) is 34.6 Å². The van der Waals surface area contributed by atoms with Crippen molar-refractivity contribution in [3.05, 3.63) is 53.6 Å². The molecule has 7 nitrogen and oxygen atoms in total. The van der Waals surface area contributed by atoms with Gasteiger partial charge in [-0.1, -0.05) is 12.1 Å². The Hall–Kier alpha value is -3.06. The number of amides is 2. The molecule has 150 valence electrons. The van der Waals surface area contributed by atoms with Crippen molar-refractivity contribution in [3.63, 3.8) is 0 Å². The summed E-state index contributed by atoms with van der Waals surface area (Å²) in [5.74, 6) is 0.456. The van der Waals surface area contributed by atoms with Gasteiger partial charge in [-0.15, -0.1) is 0 Å². The predicted molar refractivity (Wildman–Crippen MR) is 107 cm³/mol. The minimum atomic E-state index is -0.346. The highest BCUT2D eigenvalue weighted by Gasteiger charge is 2.15. The van der Waals surface area contributed by atoms with Crippen LogP contribution in [0.2, 0.25) is 0 Å². The molecule has 2 aromatic rings. The number of hydrogen-bond donors (Lipinski definition) is 2. The number of hydrogen-bond acceptors (Lipinski definition) is 5. The Bertz CT molecular complexity index is 807. The molecule has 28 heavy (non-hydrogen) atoms. The number of rotatable bonds is 10. The van der Waals surface area contributed by atoms with Gasteiger partial charge in [0, 0.05) is 19.2 Å². The van der Waals surface area contributed by atoms with Gasteiger partial charge in [0.1, 0.15) is 0 Å². The lowest BCUT2D eigenvalue weighted by Gasteiger charge is -2.14. The Morgan fingerprint density at radius 3 is 2.36 bits per heavy atom. The van der Waals surface area contributed by atoms with Crippen LogP contribution >= 0.6 is 0 Å². The van der Waals surface area contributed by atoms with E-state index in [0.717, 1.165) is 0 Å². The van der Waals surface area contributed by atoms with E-state index in [1.165, 1.54) is 0 Å². The zero-order valence-electron chi connectivity index (χ0n) is 16.4. The number of nitrogens with one attached hydrogen (secondary N) is 2. The van der Waals surface area contributed by atoms with Crippen molar-refractivity contribution in [2.45, 2.75) is 13.8 Å². The second-order valence-electron chi connectivity index (χ2n) is 5.78. The summed E-state index contributed by atoms with van der Waals surface area (Å²) in [5.41, 5.74) is 1.21. The van der Waals surface area contributed by atoms with Crippen LogP contribution in [0.4, 0.5) is 5.69 Å². The van der Waals surface area contributed by atoms with E-state index in [-0.39, 0.29) is 11.8 Å². The molecule has 2 amide bonds. The first-order valence-corrected chi connectivity index (χ1v) is 9.17. The quantitative estimate of drug-likeness (QED) is 0.613. The highest BCUT2D eigenvalue weighted by molar-refractivity contribution is 6.09. The van der Waals surface area contributed by atoms with Gasteiger partial charge in [-0.25, -0.2) is 0 Å². The number of anilines is 1. The van der Waals surface area contributed by atoms with Crippen molar-refractivity contribution in [1.82, 2.24) is 5.32 Å². The number of ether oxygens (including phenoxy) is 3. The maximum Gasteiger partial charge on any atom is 0.255 e. The fourth-order valence-corrected chi connectivity index (χ4v) is 2.54. The maximum atomic E-state index is 12.7. The molecule has 0 fully saturated rings. The molecule has 2 rings (SSSR count). The number of methoxy groups -OCH3 is 1. The van der Waals surface area contributed by atoms with Gasteiger partial charge < -0.3 is 24.8 Å². The van der Waals surface area contributed by atoms with E-state index in [9.17, 15) is 9.59 Å². The van der Waals surface area contributed by atoms with Crippen molar-refractivity contribution in [1.29, 1.82) is 0 Å². The zero-order valence-corrected chi connectivity index (χ0v) is 16.4. The van der Waals surface area contributed by atoms with Crippen LogP contribution in [0.3, 0.4) is 0 Å². The molecule has 0 bridgehead atoms. The molecule has 0 aliphatic heterocycles. The molecule has 2 N–H and O–H groups in total. The molecular formula is C21H26N2O5. The summed E-state index contributed by atoms with van der Waals surface area (Å²) in [6.45, 7) is 5.49. The van der Waals surface area contributed by atoms with Crippen molar-refractivity contribution in [2.75, 3.05) is 38.8 Å². The van der Waals surface area contributed by atoms with Crippen molar-refractivity contribution in [2.24, 2.45) is 0 Å². The summed E-state index contributed by atoms with van der Waals surface area (Å²) < 4.78 is 16.0. The number of para-hydroxylation sites is 1. The fraction of sp³-hybridized carbons (Fsp3) is 0.333. The third kappa shape index (κ3) is 5.72. The molecule has 0 unspecified atom stereocenters. The van der Waals surface area contributed by atoms with E-state index in [1.807, 2.05) is 13.8 Å². The molecule has 7 heteroatoms. The van der Waals surface area contributed by atoms with Gasteiger partial charge in [0.2, 0.25) is 0 Å². The summed E-state index contributed by atoms with van der Waals surface area (Å²) in [5, 5.41) is 5.54. The Morgan fingerprint density at radius 2 is 1.64 bits per heavy atom. The van der Waals surface area contributed by atoms with E-state index in [4.69, 9.17) is 14.2 Å². The third-order valence-electron chi connectivity index (χ3n) is 3.82. The van der Waals surface area contributed by atoms with Crippen molar-refractivity contribution in [3.8, 4) is 11.5 Å². The Balaban J connectivity index is 2.19. The maximum absolute atomic E-state index is 12.7. The first-order valence-electron chi connectivity index (χ1n) is 9.17. The molecule has 0 heterocycles. The normalized spacial score (nSPS) is 10.2. The molecule has 0 aliphatic rings. The standard InChI is InChI=1S/C21H26N2O5/c1-4-27-18-11-10-15(14-19(18)28-5-2)20(24)23-17-9-7-6-8-16(17)21(25)22-12-13-26-3/h6-11,14H,4-5,12-13H2,1-3H3,(H,22,25)(H,23,24). The van der Waals surface area contributed by atoms with E-state index in [0.29, 0.717) is 54.7 Å². The van der Waals surface area contributed by atoms with Crippen molar-refractivity contribution < 1.29 is 23.8 Å². The summed E-state index contributed by atoms with van der Waals surface area (Å²) in [7, 11) is 1.56. The lowest BCUT2D eigenvalue weighted by atomic mass is 10.1. The average Bonchev–Trinajstić information content (AvgIpc) is 2.70. The monoisotopic (exact) mass is 386 g/mol. The van der Waals surface area contributed by atoms with Crippen LogP contribution < -0.4 is 20.1 Å². The summed E-state index contributed by atoms with van der Waals surface area (Å²) in [6, 6.07) is 11.8. The van der Waals surface area contributed by atoms with Crippen LogP contribution in [-0.4, -0.2) is 45.3 Å². The van der Waals surface area contributed by atoms with E-state index >= 15 is 0 Å². The molecule has 0 spiro atoms. The number of carbonyl (C=O) groups excluding carboxylic acids is 2. The van der Waals surface area contributed by atoms with Gasteiger partial charge in [-0.3, -0.25) is 9.59 Å². The molecule has 2 aromatic carbocycles. The van der Waals surface area contributed by atoms with Crippen LogP contribution in [0.5, 0.6) is 11.5 Å². The first kappa shape index (κ1) is 21.2. The molecule has 0 saturated heterocycles. The zero-order chi connectivity index (χ0) is 20.4. The molecule has 0 aliphatic carbocycles. The van der Waals surface area contributed by atoms with Gasteiger partial charge in [0.05, 0.1) is 31.1 Å². The van der Waals surface area contributed by atoms with Gasteiger partial charge >= 0.3 is 0 Å². The van der Waals surface area contributed by atoms with E-state index in [1.54, 1.807) is 49.6 Å². The van der Waals surface area contributed by atoms with E-state index in [2.05, 4.69) is 10.6 Å². The second-order valence-corrected chi connectivity index (χ2v) is 5.78. The van der Waals surface area contributed by atoms with Crippen LogP contribution in [0.15, 0.2) is 42.5 Å². The SMILES string of the molecule is CCOc1ccc(C(=O)Nc2ccccc2C(=O)NCCOC)cc1OCC. The predicted octanol–water partition coefficient (Wildman–Crippen LogP) is 3.11. The highest BCUT2D eigenvalue weighted by atomic mass is 16.5. The van der Waals surface area contributed by atoms with Crippen molar-refractivity contribution >= 4 is 17.5 Å². The fourth-order valence-electron chi connectivity index (χ4n) is 2.54. The largest absolute Gasteiger partial charge is 0.490 e. The minimum Gasteiger partial charge on any atom is -0.490 e. The molecular weight excluding hydrogens is 360 g/mol. The van der Waals surface area contributed by atoms with Gasteiger partial charge in [0.15, 0.2) is 11.5 Å². The number of carbonyl (C=O) groups is 2. The molecule has 0 aromatic heterocycles. The summed E-state index contributed by atoms with van der Waals surface area (Å²) >= 11 is 0. The lowest BCUT2D eigenvalue weighted by molar-refractivity contribution is 0.0938. The van der Waals surface area contributed by atoms with Crippen LogP contribution in [0, 0.1) is 0 Å². The Kier molecular flexibility index (Phi) is 8.30. The third-order valence-corrected chi connectivity index (χ3v) is 3.82.